The average Bonchev–Trinajstić information content (AvgIpc) is 2.79. The summed E-state index contributed by atoms with van der Waals surface area (Å²) in [5, 5.41) is 9.68. The van der Waals surface area contributed by atoms with Crippen LogP contribution < -0.4 is 14.2 Å². The third kappa shape index (κ3) is 7.62. The van der Waals surface area contributed by atoms with Crippen molar-refractivity contribution in [1.29, 1.82) is 0 Å². The molecular weight excluding hydrogens is 491 g/mol. The first-order chi connectivity index (χ1) is 15.9. The number of rotatable bonds is 8. The molecule has 4 rings (SSSR count). The highest BCUT2D eigenvalue weighted by molar-refractivity contribution is 6.31. The minimum atomic E-state index is -0.843. The Morgan fingerprint density at radius 2 is 2.11 bits per heavy atom. The van der Waals surface area contributed by atoms with Crippen molar-refractivity contribution in [2.45, 2.75) is 40.4 Å². The van der Waals surface area contributed by atoms with Gasteiger partial charge in [-0.1, -0.05) is 25.1 Å². The topological polar surface area (TPSA) is 81.1 Å². The molecule has 35 heavy (non-hydrogen) atoms. The van der Waals surface area contributed by atoms with Crippen molar-refractivity contribution in [2.75, 3.05) is 26.2 Å². The van der Waals surface area contributed by atoms with Crippen LogP contribution in [0.1, 0.15) is 38.8 Å². The molecule has 0 radical (unpaired) electrons. The van der Waals surface area contributed by atoms with Crippen LogP contribution in [0.4, 0.5) is 0 Å². The Labute approximate surface area is 217 Å². The lowest BCUT2D eigenvalue weighted by atomic mass is 10.0. The van der Waals surface area contributed by atoms with E-state index in [1.165, 1.54) is 0 Å². The summed E-state index contributed by atoms with van der Waals surface area (Å²) >= 11 is 6.25. The van der Waals surface area contributed by atoms with Crippen molar-refractivity contribution in [2.24, 2.45) is 0 Å². The minimum absolute atomic E-state index is 0. The van der Waals surface area contributed by atoms with Gasteiger partial charge in [-0.15, -0.1) is 12.4 Å². The fourth-order valence-electron chi connectivity index (χ4n) is 3.78. The summed E-state index contributed by atoms with van der Waals surface area (Å²) in [5.74, 6) is 1.03. The molecule has 2 aliphatic heterocycles. The van der Waals surface area contributed by atoms with Gasteiger partial charge in [0.05, 0.1) is 6.10 Å². The molecule has 0 atom stereocenters. The number of hydrogen-bond donors (Lipinski definition) is 1. The van der Waals surface area contributed by atoms with E-state index in [9.17, 15) is 9.90 Å². The molecule has 0 saturated carbocycles. The van der Waals surface area contributed by atoms with Gasteiger partial charge in [-0.3, -0.25) is 4.90 Å². The van der Waals surface area contributed by atoms with Gasteiger partial charge in [-0.05, 0) is 50.1 Å². The van der Waals surface area contributed by atoms with E-state index in [0.29, 0.717) is 48.5 Å². The van der Waals surface area contributed by atoms with Crippen LogP contribution in [0.3, 0.4) is 0 Å². The number of carboxylic acid groups (broad SMARTS) is 1. The summed E-state index contributed by atoms with van der Waals surface area (Å²) in [5.41, 5.74) is 3.40. The van der Waals surface area contributed by atoms with Crippen molar-refractivity contribution >= 4 is 36.1 Å². The minimum Gasteiger partial charge on any atom is -0.489 e. The van der Waals surface area contributed by atoms with Gasteiger partial charge in [-0.25, -0.2) is 9.78 Å². The van der Waals surface area contributed by atoms with Crippen molar-refractivity contribution in [1.82, 2.24) is 9.88 Å². The van der Waals surface area contributed by atoms with Crippen LogP contribution in [-0.4, -0.2) is 53.3 Å². The van der Waals surface area contributed by atoms with Crippen LogP contribution in [0.25, 0.3) is 6.08 Å². The number of benzene rings is 1. The van der Waals surface area contributed by atoms with E-state index in [-0.39, 0.29) is 25.9 Å². The second-order valence-corrected chi connectivity index (χ2v) is 8.82. The van der Waals surface area contributed by atoms with E-state index < -0.39 is 5.97 Å². The van der Waals surface area contributed by atoms with Crippen LogP contribution in [0.2, 0.25) is 5.02 Å². The molecule has 0 spiro atoms. The Bertz CT molecular complexity index is 1100. The highest BCUT2D eigenvalue weighted by Crippen LogP contribution is 2.31. The van der Waals surface area contributed by atoms with Gasteiger partial charge in [-0.2, -0.15) is 0 Å². The maximum absolute atomic E-state index is 11.2. The summed E-state index contributed by atoms with van der Waals surface area (Å²) in [4.78, 5) is 17.6. The number of carbonyl (C=O) groups is 1. The molecule has 2 aromatic rings. The molecule has 3 heterocycles. The molecular formula is C26H32Cl2N2O5. The number of hydrogen-bond acceptors (Lipinski definition) is 6. The van der Waals surface area contributed by atoms with Gasteiger partial charge in [0.1, 0.15) is 29.7 Å². The van der Waals surface area contributed by atoms with Crippen LogP contribution in [0, 0.1) is 0 Å². The zero-order valence-electron chi connectivity index (χ0n) is 19.1. The molecule has 1 aromatic heterocycles. The van der Waals surface area contributed by atoms with Gasteiger partial charge in [0, 0.05) is 48.6 Å². The molecule has 0 saturated heterocycles. The summed E-state index contributed by atoms with van der Waals surface area (Å²) in [6.45, 7) is 6.62. The van der Waals surface area contributed by atoms with E-state index >= 15 is 0 Å². The lowest BCUT2D eigenvalue weighted by Gasteiger charge is -2.28. The number of pyridine rings is 1. The highest BCUT2D eigenvalue weighted by Gasteiger charge is 2.20. The summed E-state index contributed by atoms with van der Waals surface area (Å²) in [7, 11) is 0. The quantitative estimate of drug-likeness (QED) is 0.479. The van der Waals surface area contributed by atoms with E-state index in [1.54, 1.807) is 18.3 Å². The Balaban J connectivity index is 0.00000216. The van der Waals surface area contributed by atoms with Crippen LogP contribution in [0.5, 0.6) is 17.4 Å². The number of nitrogens with zero attached hydrogens (tertiary/aromatic N) is 2. The molecule has 0 fully saturated rings. The first-order valence-corrected chi connectivity index (χ1v) is 11.3. The maximum Gasteiger partial charge on any atom is 0.332 e. The summed E-state index contributed by atoms with van der Waals surface area (Å²) < 4.78 is 17.4. The normalized spacial score (nSPS) is 15.0. The predicted octanol–water partition coefficient (Wildman–Crippen LogP) is 5.65. The molecule has 1 N–H and O–H groups in total. The van der Waals surface area contributed by atoms with E-state index in [4.69, 9.17) is 25.8 Å². The monoisotopic (exact) mass is 522 g/mol. The Morgan fingerprint density at radius 1 is 1.31 bits per heavy atom. The molecule has 1 aromatic carbocycles. The second kappa shape index (κ2) is 12.8. The average molecular weight is 523 g/mol. The standard InChI is InChI=1S/C25H27ClN2O5.CH4.ClH/c1-16(2)33-24-22(26)9-17(11-27-24)14-31-21-6-5-19-8-18(15-32-23(19)10-21)12-28-7-3-4-20(13-28)25(29)30;;/h4-6,8-11,16H,3,7,12-15H2,1-2H3,(H,29,30);1H4;1H. The number of aliphatic carboxylic acids is 1. The third-order valence-electron chi connectivity index (χ3n) is 5.31. The second-order valence-electron chi connectivity index (χ2n) is 8.41. The highest BCUT2D eigenvalue weighted by atomic mass is 35.5. The lowest BCUT2D eigenvalue weighted by Crippen LogP contribution is -2.34. The Hall–Kier alpha value is -2.74. The summed E-state index contributed by atoms with van der Waals surface area (Å²) in [6, 6.07) is 7.54. The van der Waals surface area contributed by atoms with Gasteiger partial charge >= 0.3 is 5.97 Å². The first-order valence-electron chi connectivity index (χ1n) is 10.9. The fraction of sp³-hybridized carbons (Fsp3) is 0.385. The van der Waals surface area contributed by atoms with E-state index in [1.807, 2.05) is 32.0 Å². The van der Waals surface area contributed by atoms with Crippen LogP contribution in [-0.2, 0) is 11.4 Å². The molecule has 0 amide bonds. The van der Waals surface area contributed by atoms with Crippen molar-refractivity contribution in [3.05, 3.63) is 63.8 Å². The zero-order valence-corrected chi connectivity index (χ0v) is 20.7. The van der Waals surface area contributed by atoms with Gasteiger partial charge in [0.15, 0.2) is 0 Å². The van der Waals surface area contributed by atoms with E-state index in [2.05, 4.69) is 16.0 Å². The molecule has 0 aliphatic carbocycles. The Kier molecular flexibility index (Phi) is 10.4. The van der Waals surface area contributed by atoms with Crippen LogP contribution >= 0.6 is 24.0 Å². The number of carboxylic acids is 1. The lowest BCUT2D eigenvalue weighted by molar-refractivity contribution is -0.133. The number of ether oxygens (including phenoxy) is 3. The molecule has 190 valence electrons. The molecule has 0 bridgehead atoms. The third-order valence-corrected chi connectivity index (χ3v) is 5.58. The van der Waals surface area contributed by atoms with Crippen LogP contribution in [0.15, 0.2) is 47.7 Å². The molecule has 0 unspecified atom stereocenters. The van der Waals surface area contributed by atoms with Gasteiger partial charge in [0.2, 0.25) is 5.88 Å². The Morgan fingerprint density at radius 3 is 2.83 bits per heavy atom. The fourth-order valence-corrected chi connectivity index (χ4v) is 4.01. The van der Waals surface area contributed by atoms with Crippen molar-refractivity contribution in [3.8, 4) is 17.4 Å². The first kappa shape index (κ1) is 28.5. The molecule has 9 heteroatoms. The maximum atomic E-state index is 11.2. The molecule has 7 nitrogen and oxygen atoms in total. The number of aromatic nitrogens is 1. The van der Waals surface area contributed by atoms with Crippen molar-refractivity contribution < 1.29 is 24.1 Å². The number of halogens is 2. The zero-order chi connectivity index (χ0) is 23.4. The largest absolute Gasteiger partial charge is 0.489 e. The molecule has 2 aliphatic rings. The smallest absolute Gasteiger partial charge is 0.332 e. The van der Waals surface area contributed by atoms with Gasteiger partial charge in [0.25, 0.3) is 0 Å². The van der Waals surface area contributed by atoms with Gasteiger partial charge < -0.3 is 19.3 Å². The SMILES string of the molecule is C.CC(C)Oc1ncc(COc2ccc3c(c2)OCC(CN2CCC=C(C(=O)O)C2)=C3)cc1Cl.Cl. The van der Waals surface area contributed by atoms with Crippen molar-refractivity contribution in [3.63, 3.8) is 0 Å². The predicted molar refractivity (Wildman–Crippen MR) is 140 cm³/mol. The number of fused-ring (bicyclic) bond motifs is 1. The summed E-state index contributed by atoms with van der Waals surface area (Å²) in [6.07, 6.45) is 6.36. The van der Waals surface area contributed by atoms with E-state index in [0.717, 1.165) is 35.4 Å².